The Hall–Kier alpha value is -1.18. The molecule has 6 nitrogen and oxygen atoms in total. The Morgan fingerprint density at radius 1 is 1.16 bits per heavy atom. The molecule has 2 fully saturated rings. The van der Waals surface area contributed by atoms with E-state index in [-0.39, 0.29) is 22.9 Å². The van der Waals surface area contributed by atoms with Crippen LogP contribution in [-0.4, -0.2) is 75.4 Å². The number of hydrogen-bond donors (Lipinski definition) is 1. The summed E-state index contributed by atoms with van der Waals surface area (Å²) >= 11 is 1.71. The molecule has 2 aliphatic heterocycles. The summed E-state index contributed by atoms with van der Waals surface area (Å²) in [5.74, 6) is 0.253. The third kappa shape index (κ3) is 5.99. The van der Waals surface area contributed by atoms with Crippen molar-refractivity contribution in [2.45, 2.75) is 98.4 Å². The fraction of sp³-hybridized carbons (Fsp3) is 0.833. The predicted octanol–water partition coefficient (Wildman–Crippen LogP) is 4.29. The molecule has 0 spiro atoms. The van der Waals surface area contributed by atoms with Gasteiger partial charge >= 0.3 is 0 Å². The number of thiazole rings is 1. The lowest BCUT2D eigenvalue weighted by Gasteiger charge is -2.45. The molecule has 1 aromatic heterocycles. The van der Waals surface area contributed by atoms with Gasteiger partial charge in [0.25, 0.3) is 0 Å². The van der Waals surface area contributed by atoms with Gasteiger partial charge in [-0.1, -0.05) is 20.8 Å². The Bertz CT molecular complexity index is 750. The highest BCUT2D eigenvalue weighted by atomic mass is 32.1. The van der Waals surface area contributed by atoms with Crippen LogP contribution >= 0.6 is 11.3 Å². The van der Waals surface area contributed by atoms with Crippen LogP contribution < -0.4 is 5.32 Å². The first-order chi connectivity index (χ1) is 14.4. The minimum atomic E-state index is -0.326. The van der Waals surface area contributed by atoms with Crippen molar-refractivity contribution in [3.05, 3.63) is 11.1 Å². The molecule has 0 bridgehead atoms. The summed E-state index contributed by atoms with van der Waals surface area (Å²) < 4.78 is 0. The largest absolute Gasteiger partial charge is 0.360 e. The van der Waals surface area contributed by atoms with Gasteiger partial charge in [-0.2, -0.15) is 0 Å². The number of rotatable bonds is 5. The normalized spacial score (nSPS) is 26.5. The third-order valence-corrected chi connectivity index (χ3v) is 7.51. The molecule has 2 saturated heterocycles. The zero-order chi connectivity index (χ0) is 23.0. The summed E-state index contributed by atoms with van der Waals surface area (Å²) in [6.07, 6.45) is 2.54. The van der Waals surface area contributed by atoms with Crippen molar-refractivity contribution >= 4 is 22.4 Å². The second-order valence-electron chi connectivity index (χ2n) is 11.5. The smallest absolute Gasteiger partial charge is 0.228 e. The van der Waals surface area contributed by atoms with Crippen molar-refractivity contribution in [2.75, 3.05) is 31.5 Å². The van der Waals surface area contributed by atoms with E-state index in [0.29, 0.717) is 12.1 Å². The van der Waals surface area contributed by atoms with Crippen LogP contribution in [0.4, 0.5) is 5.13 Å². The fourth-order valence-corrected chi connectivity index (χ4v) is 5.65. The topological polar surface area (TPSA) is 51.7 Å². The van der Waals surface area contributed by atoms with Crippen LogP contribution in [0.25, 0.3) is 0 Å². The lowest BCUT2D eigenvalue weighted by atomic mass is 9.92. The first-order valence-corrected chi connectivity index (χ1v) is 12.7. The molecule has 0 unspecified atom stereocenters. The van der Waals surface area contributed by atoms with Crippen molar-refractivity contribution in [3.8, 4) is 0 Å². The maximum atomic E-state index is 12.8. The van der Waals surface area contributed by atoms with Crippen LogP contribution in [0.2, 0.25) is 0 Å². The second kappa shape index (κ2) is 9.36. The molecule has 0 saturated carbocycles. The van der Waals surface area contributed by atoms with Gasteiger partial charge in [0.2, 0.25) is 5.91 Å². The van der Waals surface area contributed by atoms with Crippen molar-refractivity contribution in [1.82, 2.24) is 19.7 Å². The van der Waals surface area contributed by atoms with Crippen LogP contribution in [-0.2, 0) is 11.3 Å². The summed E-state index contributed by atoms with van der Waals surface area (Å²) in [4.78, 5) is 24.8. The number of hydrogen-bond acceptors (Lipinski definition) is 6. The lowest BCUT2D eigenvalue weighted by Crippen LogP contribution is -2.59. The summed E-state index contributed by atoms with van der Waals surface area (Å²) in [7, 11) is 0. The summed E-state index contributed by atoms with van der Waals surface area (Å²) in [6.45, 7) is 22.0. The molecule has 3 rings (SSSR count). The SMILES string of the molecule is C[C@@H]1CN(C(=O)C(C)(C)C)[C@H](C)CN1Cc1csc(NC[C@@H]2CCCN2C(C)(C)C)n1. The van der Waals surface area contributed by atoms with E-state index in [1.54, 1.807) is 11.3 Å². The van der Waals surface area contributed by atoms with Gasteiger partial charge in [0, 0.05) is 60.6 Å². The third-order valence-electron chi connectivity index (χ3n) is 6.66. The quantitative estimate of drug-likeness (QED) is 0.727. The Balaban J connectivity index is 1.54. The molecular weight excluding hydrogens is 406 g/mol. The number of carbonyl (C=O) groups is 1. The highest BCUT2D eigenvalue weighted by molar-refractivity contribution is 7.13. The molecule has 3 atom stereocenters. The second-order valence-corrected chi connectivity index (χ2v) is 12.4. The molecule has 7 heteroatoms. The average molecular weight is 450 g/mol. The maximum Gasteiger partial charge on any atom is 0.228 e. The van der Waals surface area contributed by atoms with Gasteiger partial charge in [0.05, 0.1) is 5.69 Å². The molecule has 31 heavy (non-hydrogen) atoms. The molecule has 0 radical (unpaired) electrons. The lowest BCUT2D eigenvalue weighted by molar-refractivity contribution is -0.145. The zero-order valence-electron chi connectivity index (χ0n) is 20.9. The number of likely N-dealkylation sites (tertiary alicyclic amines) is 1. The monoisotopic (exact) mass is 449 g/mol. The number of aromatic nitrogens is 1. The first-order valence-electron chi connectivity index (χ1n) is 11.9. The molecule has 176 valence electrons. The number of nitrogens with one attached hydrogen (secondary N) is 1. The molecule has 3 heterocycles. The van der Waals surface area contributed by atoms with Crippen LogP contribution in [0.5, 0.6) is 0 Å². The van der Waals surface area contributed by atoms with Crippen molar-refractivity contribution in [2.24, 2.45) is 5.41 Å². The molecule has 1 amide bonds. The Morgan fingerprint density at radius 2 is 1.87 bits per heavy atom. The maximum absolute atomic E-state index is 12.8. The summed E-state index contributed by atoms with van der Waals surface area (Å²) in [6, 6.07) is 1.14. The van der Waals surface area contributed by atoms with E-state index in [2.05, 4.69) is 60.0 Å². The van der Waals surface area contributed by atoms with E-state index in [9.17, 15) is 4.79 Å². The van der Waals surface area contributed by atoms with Gasteiger partial charge in [0.1, 0.15) is 0 Å². The van der Waals surface area contributed by atoms with Crippen LogP contribution in [0, 0.1) is 5.41 Å². The van der Waals surface area contributed by atoms with E-state index in [1.807, 2.05) is 20.8 Å². The first kappa shape index (κ1) is 24.5. The Labute approximate surface area is 193 Å². The Kier molecular flexibility index (Phi) is 7.38. The van der Waals surface area contributed by atoms with Gasteiger partial charge in [-0.05, 0) is 54.0 Å². The van der Waals surface area contributed by atoms with E-state index in [1.165, 1.54) is 19.4 Å². The minimum Gasteiger partial charge on any atom is -0.360 e. The summed E-state index contributed by atoms with van der Waals surface area (Å²) in [5, 5.41) is 6.81. The molecular formula is C24H43N5OS. The van der Waals surface area contributed by atoms with E-state index in [4.69, 9.17) is 4.98 Å². The fourth-order valence-electron chi connectivity index (χ4n) is 4.94. The molecule has 1 aromatic rings. The highest BCUT2D eigenvalue weighted by Gasteiger charge is 2.37. The van der Waals surface area contributed by atoms with Gasteiger partial charge in [-0.15, -0.1) is 11.3 Å². The van der Waals surface area contributed by atoms with Crippen LogP contribution in [0.3, 0.4) is 0 Å². The van der Waals surface area contributed by atoms with Gasteiger partial charge < -0.3 is 10.2 Å². The minimum absolute atomic E-state index is 0.222. The van der Waals surface area contributed by atoms with Gasteiger partial charge in [-0.25, -0.2) is 4.98 Å². The van der Waals surface area contributed by atoms with Crippen molar-refractivity contribution in [3.63, 3.8) is 0 Å². The van der Waals surface area contributed by atoms with E-state index in [0.717, 1.165) is 37.0 Å². The number of anilines is 1. The van der Waals surface area contributed by atoms with Gasteiger partial charge in [0.15, 0.2) is 5.13 Å². The van der Waals surface area contributed by atoms with Crippen LogP contribution in [0.1, 0.15) is 73.9 Å². The van der Waals surface area contributed by atoms with E-state index >= 15 is 0 Å². The van der Waals surface area contributed by atoms with Crippen molar-refractivity contribution in [1.29, 1.82) is 0 Å². The number of carbonyl (C=O) groups excluding carboxylic acids is 1. The number of piperazine rings is 1. The Morgan fingerprint density at radius 3 is 2.52 bits per heavy atom. The molecule has 0 aliphatic carbocycles. The summed E-state index contributed by atoms with van der Waals surface area (Å²) in [5.41, 5.74) is 1.02. The standard InChI is InChI=1S/C24H43N5OS/c1-17-14-28(21(30)23(3,4)5)18(2)13-27(17)15-19-16-31-22(26-19)25-12-20-10-9-11-29(20)24(6,7)8/h16-18,20H,9-15H2,1-8H3,(H,25,26)/t17-,18-,20+/m1/s1. The molecule has 2 aliphatic rings. The van der Waals surface area contributed by atoms with Gasteiger partial charge in [-0.3, -0.25) is 14.6 Å². The predicted molar refractivity (Wildman–Crippen MR) is 131 cm³/mol. The van der Waals surface area contributed by atoms with Crippen molar-refractivity contribution < 1.29 is 4.79 Å². The molecule has 1 N–H and O–H groups in total. The number of nitrogens with zero attached hydrogens (tertiary/aromatic N) is 4. The molecule has 0 aromatic carbocycles. The number of amides is 1. The van der Waals surface area contributed by atoms with E-state index < -0.39 is 0 Å². The highest BCUT2D eigenvalue weighted by Crippen LogP contribution is 2.28. The average Bonchev–Trinajstić information content (AvgIpc) is 3.30. The zero-order valence-corrected chi connectivity index (χ0v) is 21.7. The van der Waals surface area contributed by atoms with Crippen LogP contribution in [0.15, 0.2) is 5.38 Å².